The molecule has 0 bridgehead atoms. The second-order valence-electron chi connectivity index (χ2n) is 10.1. The lowest BCUT2D eigenvalue weighted by Crippen LogP contribution is -2.53. The molecule has 0 aliphatic heterocycles. The number of rotatable bonds is 13. The van der Waals surface area contributed by atoms with Crippen LogP contribution < -0.4 is 31.2 Å². The largest absolute Gasteiger partial charge is 0.493 e. The summed E-state index contributed by atoms with van der Waals surface area (Å²) in [4.78, 5) is 39.5. The zero-order valence-corrected chi connectivity index (χ0v) is 25.2. The molecule has 0 saturated carbocycles. The molecular weight excluding hydrogens is 574 g/mol. The van der Waals surface area contributed by atoms with E-state index in [0.717, 1.165) is 11.1 Å². The van der Waals surface area contributed by atoms with Gasteiger partial charge >= 0.3 is 5.97 Å². The van der Waals surface area contributed by atoms with Crippen molar-refractivity contribution in [3.63, 3.8) is 0 Å². The molecule has 0 spiro atoms. The van der Waals surface area contributed by atoms with Crippen LogP contribution in [0.15, 0.2) is 97.1 Å². The smallest absolute Gasteiger partial charge is 0.305 e. The molecule has 4 aromatic rings. The molecule has 232 valence electrons. The Balaban J connectivity index is 1.88. The molecule has 1 atom stereocenters. The molecule has 0 unspecified atom stereocenters. The zero-order chi connectivity index (χ0) is 32.4. The quantitative estimate of drug-likeness (QED) is 0.0632. The van der Waals surface area contributed by atoms with E-state index in [1.165, 1.54) is 33.1 Å². The highest BCUT2D eigenvalue weighted by atomic mass is 16.6. The number of carbonyl (C=O) groups is 3. The maximum atomic E-state index is 14.3. The van der Waals surface area contributed by atoms with E-state index in [2.05, 4.69) is 16.0 Å². The van der Waals surface area contributed by atoms with Crippen molar-refractivity contribution in [2.24, 2.45) is 5.73 Å². The number of amides is 2. The van der Waals surface area contributed by atoms with Crippen molar-refractivity contribution in [2.75, 3.05) is 17.7 Å². The average molecular weight is 610 g/mol. The first kappa shape index (κ1) is 32.1. The van der Waals surface area contributed by atoms with E-state index >= 15 is 0 Å². The molecular formula is C34H35N5O6. The normalized spacial score (nSPS) is 11.8. The van der Waals surface area contributed by atoms with Crippen LogP contribution in [-0.2, 0) is 38.0 Å². The number of hydrogen-bond acceptors (Lipinski definition) is 8. The van der Waals surface area contributed by atoms with Crippen LogP contribution in [0, 0.1) is 5.41 Å². The molecule has 11 nitrogen and oxygen atoms in total. The maximum Gasteiger partial charge on any atom is 0.305 e. The van der Waals surface area contributed by atoms with Gasteiger partial charge in [0.2, 0.25) is 5.91 Å². The minimum atomic E-state index is -2.22. The molecule has 0 aliphatic carbocycles. The summed E-state index contributed by atoms with van der Waals surface area (Å²) >= 11 is 0. The van der Waals surface area contributed by atoms with Crippen molar-refractivity contribution in [1.82, 2.24) is 5.32 Å². The van der Waals surface area contributed by atoms with E-state index in [9.17, 15) is 14.4 Å². The fraction of sp³-hybridized carbons (Fsp3) is 0.176. The highest BCUT2D eigenvalue weighted by Crippen LogP contribution is 2.41. The van der Waals surface area contributed by atoms with Crippen molar-refractivity contribution in [3.8, 4) is 11.5 Å². The highest BCUT2D eigenvalue weighted by Gasteiger charge is 2.47. The number of nitrogens with one attached hydrogen (secondary N) is 4. The Hall–Kier alpha value is -5.84. The summed E-state index contributed by atoms with van der Waals surface area (Å²) in [5.74, 6) is -1.60. The van der Waals surface area contributed by atoms with E-state index in [-0.39, 0.29) is 41.7 Å². The second-order valence-corrected chi connectivity index (χ2v) is 10.1. The lowest BCUT2D eigenvalue weighted by Gasteiger charge is -2.35. The molecule has 0 saturated heterocycles. The summed E-state index contributed by atoms with van der Waals surface area (Å²) in [6.07, 6.45) is 0. The predicted octanol–water partition coefficient (Wildman–Crippen LogP) is 4.66. The number of carbonyl (C=O) groups excluding carboxylic acids is 3. The molecule has 0 heterocycles. The van der Waals surface area contributed by atoms with Crippen LogP contribution >= 0.6 is 0 Å². The Bertz CT molecular complexity index is 1660. The first-order chi connectivity index (χ1) is 21.6. The van der Waals surface area contributed by atoms with Crippen LogP contribution in [0.3, 0.4) is 0 Å². The standard InChI is InChI=1S/C34H35N5O6/c1-22(40)38-29-19-31(44-21-25-12-8-5-9-13-25)30(43-3)18-28(29)34(45-23(2)41,33(42)37-20-24-10-6-4-7-11-24)39-27-16-14-26(15-17-27)32(35)36/h4-19,39H,20-21H2,1-3H3,(H3,35,36)(H,37,42)(H,38,40)/t34-/m0/s1. The first-order valence-electron chi connectivity index (χ1n) is 14.0. The Morgan fingerprint density at radius 1 is 0.844 bits per heavy atom. The van der Waals surface area contributed by atoms with Gasteiger partial charge in [-0.1, -0.05) is 60.7 Å². The molecule has 0 aliphatic rings. The molecule has 0 fully saturated rings. The predicted molar refractivity (Wildman–Crippen MR) is 171 cm³/mol. The monoisotopic (exact) mass is 609 g/mol. The zero-order valence-electron chi connectivity index (χ0n) is 25.2. The molecule has 4 aromatic carbocycles. The van der Waals surface area contributed by atoms with Crippen LogP contribution in [0.2, 0.25) is 0 Å². The number of nitrogens with two attached hydrogens (primary N) is 1. The Labute approximate surface area is 261 Å². The van der Waals surface area contributed by atoms with E-state index in [0.29, 0.717) is 11.3 Å². The number of ether oxygens (including phenoxy) is 3. The fourth-order valence-corrected chi connectivity index (χ4v) is 4.58. The third-order valence-corrected chi connectivity index (χ3v) is 6.66. The van der Waals surface area contributed by atoms with E-state index < -0.39 is 23.5 Å². The number of esters is 1. The van der Waals surface area contributed by atoms with Crippen LogP contribution in [-0.4, -0.2) is 30.7 Å². The van der Waals surface area contributed by atoms with Gasteiger partial charge < -0.3 is 35.9 Å². The fourth-order valence-electron chi connectivity index (χ4n) is 4.58. The van der Waals surface area contributed by atoms with Crippen molar-refractivity contribution >= 4 is 35.0 Å². The number of hydrogen-bond donors (Lipinski definition) is 5. The Morgan fingerprint density at radius 3 is 2.02 bits per heavy atom. The topological polar surface area (TPSA) is 165 Å². The van der Waals surface area contributed by atoms with Gasteiger partial charge in [-0.05, 0) is 41.5 Å². The van der Waals surface area contributed by atoms with E-state index in [4.69, 9.17) is 25.4 Å². The molecule has 6 N–H and O–H groups in total. The van der Waals surface area contributed by atoms with Crippen LogP contribution in [0.5, 0.6) is 11.5 Å². The minimum absolute atomic E-state index is 0.0676. The molecule has 45 heavy (non-hydrogen) atoms. The summed E-state index contributed by atoms with van der Waals surface area (Å²) in [5.41, 5.74) is 6.12. The molecule has 0 radical (unpaired) electrons. The third-order valence-electron chi connectivity index (χ3n) is 6.66. The molecule has 0 aromatic heterocycles. The summed E-state index contributed by atoms with van der Waals surface area (Å²) in [6, 6.07) is 28.0. The highest BCUT2D eigenvalue weighted by molar-refractivity contribution is 5.97. The maximum absolute atomic E-state index is 14.3. The number of benzene rings is 4. The van der Waals surface area contributed by atoms with Crippen LogP contribution in [0.4, 0.5) is 11.4 Å². The van der Waals surface area contributed by atoms with Gasteiger partial charge in [-0.2, -0.15) is 0 Å². The van der Waals surface area contributed by atoms with Gasteiger partial charge in [-0.25, -0.2) is 0 Å². The Kier molecular flexibility index (Phi) is 10.4. The van der Waals surface area contributed by atoms with Gasteiger partial charge in [0.25, 0.3) is 11.6 Å². The molecule has 11 heteroatoms. The summed E-state index contributed by atoms with van der Waals surface area (Å²) < 4.78 is 17.6. The van der Waals surface area contributed by atoms with Gasteiger partial charge in [0.05, 0.1) is 18.4 Å². The van der Waals surface area contributed by atoms with Crippen LogP contribution in [0.1, 0.15) is 36.1 Å². The van der Waals surface area contributed by atoms with Gasteiger partial charge in [0.15, 0.2) is 11.5 Å². The Morgan fingerprint density at radius 2 is 1.47 bits per heavy atom. The number of nitrogen functional groups attached to an aromatic ring is 1. The third kappa shape index (κ3) is 8.17. The number of methoxy groups -OCH3 is 1. The average Bonchev–Trinajstić information content (AvgIpc) is 3.03. The second kappa shape index (κ2) is 14.6. The van der Waals surface area contributed by atoms with Crippen molar-refractivity contribution in [2.45, 2.75) is 32.7 Å². The summed E-state index contributed by atoms with van der Waals surface area (Å²) in [7, 11) is 1.43. The number of anilines is 2. The number of amidine groups is 1. The van der Waals surface area contributed by atoms with E-state index in [1.807, 2.05) is 60.7 Å². The van der Waals surface area contributed by atoms with Gasteiger partial charge in [-0.3, -0.25) is 19.8 Å². The van der Waals surface area contributed by atoms with Crippen molar-refractivity contribution in [1.29, 1.82) is 5.41 Å². The van der Waals surface area contributed by atoms with E-state index in [1.54, 1.807) is 24.3 Å². The van der Waals surface area contributed by atoms with Crippen LogP contribution in [0.25, 0.3) is 0 Å². The van der Waals surface area contributed by atoms with Gasteiger partial charge in [0.1, 0.15) is 12.4 Å². The molecule has 4 rings (SSSR count). The van der Waals surface area contributed by atoms with Crippen molar-refractivity contribution in [3.05, 3.63) is 119 Å². The SMILES string of the molecule is COc1cc([C@](Nc2ccc(C(=N)N)cc2)(OC(C)=O)C(=O)NCc2ccccc2)c(NC(C)=O)cc1OCc1ccccc1. The van der Waals surface area contributed by atoms with Gasteiger partial charge in [0, 0.05) is 37.7 Å². The first-order valence-corrected chi connectivity index (χ1v) is 14.0. The summed E-state index contributed by atoms with van der Waals surface area (Å²) in [5, 5.41) is 16.4. The summed E-state index contributed by atoms with van der Waals surface area (Å²) in [6.45, 7) is 2.80. The van der Waals surface area contributed by atoms with Crippen molar-refractivity contribution < 1.29 is 28.6 Å². The van der Waals surface area contributed by atoms with Gasteiger partial charge in [-0.15, -0.1) is 0 Å². The minimum Gasteiger partial charge on any atom is -0.493 e. The molecule has 2 amide bonds. The lowest BCUT2D eigenvalue weighted by atomic mass is 9.96. The lowest BCUT2D eigenvalue weighted by molar-refractivity contribution is -0.165.